The number of halogens is 2. The van der Waals surface area contributed by atoms with Crippen molar-refractivity contribution >= 4 is 40.9 Å². The van der Waals surface area contributed by atoms with Crippen LogP contribution < -0.4 is 4.74 Å². The van der Waals surface area contributed by atoms with Gasteiger partial charge in [-0.1, -0.05) is 47.5 Å². The lowest BCUT2D eigenvalue weighted by molar-refractivity contribution is 0.0681. The van der Waals surface area contributed by atoms with Gasteiger partial charge in [-0.15, -0.1) is 0 Å². The molecule has 0 spiro atoms. The van der Waals surface area contributed by atoms with Crippen LogP contribution in [-0.2, 0) is 0 Å². The van der Waals surface area contributed by atoms with Crippen LogP contribution in [0.4, 0.5) is 0 Å². The van der Waals surface area contributed by atoms with Crippen LogP contribution in [0.15, 0.2) is 83.5 Å². The van der Waals surface area contributed by atoms with Gasteiger partial charge in [0.1, 0.15) is 5.75 Å². The first-order valence-electron chi connectivity index (χ1n) is 11.3. The van der Waals surface area contributed by atoms with Crippen molar-refractivity contribution in [2.45, 2.75) is 25.3 Å². The molecule has 34 heavy (non-hydrogen) atoms. The van der Waals surface area contributed by atoms with Crippen molar-refractivity contribution in [3.05, 3.63) is 105 Å². The number of allylic oxidation sites excluding steroid dienone is 1. The highest BCUT2D eigenvalue weighted by atomic mass is 35.5. The van der Waals surface area contributed by atoms with Gasteiger partial charge in [-0.3, -0.25) is 4.79 Å². The highest BCUT2D eigenvalue weighted by Crippen LogP contribution is 2.45. The Balaban J connectivity index is 1.56. The van der Waals surface area contributed by atoms with Crippen molar-refractivity contribution in [2.75, 3.05) is 7.11 Å². The molecule has 2 atom stereocenters. The molecule has 3 aromatic rings. The van der Waals surface area contributed by atoms with E-state index in [1.807, 2.05) is 48.5 Å². The fourth-order valence-electron chi connectivity index (χ4n) is 4.79. The van der Waals surface area contributed by atoms with Gasteiger partial charge in [0, 0.05) is 21.5 Å². The molecule has 172 valence electrons. The average Bonchev–Trinajstić information content (AvgIpc) is 3.26. The average molecular weight is 491 g/mol. The molecule has 1 heterocycles. The number of benzene rings is 3. The number of fused-ring (bicyclic) bond motifs is 1. The highest BCUT2D eigenvalue weighted by molar-refractivity contribution is 6.30. The van der Waals surface area contributed by atoms with Gasteiger partial charge in [0.05, 0.1) is 18.9 Å². The molecule has 2 aliphatic rings. The molecule has 0 bridgehead atoms. The van der Waals surface area contributed by atoms with Crippen molar-refractivity contribution in [1.29, 1.82) is 0 Å². The first-order valence-corrected chi connectivity index (χ1v) is 12.1. The number of carbonyl (C=O) groups is 1. The van der Waals surface area contributed by atoms with Crippen LogP contribution in [0.5, 0.6) is 5.75 Å². The number of methoxy groups -OCH3 is 1. The van der Waals surface area contributed by atoms with Gasteiger partial charge in [-0.25, -0.2) is 5.01 Å². The molecular formula is C28H24Cl2N2O2. The summed E-state index contributed by atoms with van der Waals surface area (Å²) in [5.74, 6) is 0.700. The molecule has 1 fully saturated rings. The third kappa shape index (κ3) is 4.48. The quantitative estimate of drug-likeness (QED) is 0.381. The summed E-state index contributed by atoms with van der Waals surface area (Å²) in [6, 6.07) is 22.5. The molecule has 1 saturated carbocycles. The monoisotopic (exact) mass is 490 g/mol. The van der Waals surface area contributed by atoms with E-state index in [9.17, 15) is 4.79 Å². The summed E-state index contributed by atoms with van der Waals surface area (Å²) in [6.45, 7) is 0. The summed E-state index contributed by atoms with van der Waals surface area (Å²) in [5.41, 5.74) is 4.84. The van der Waals surface area contributed by atoms with Crippen LogP contribution in [0.1, 0.15) is 46.8 Å². The normalized spacial score (nSPS) is 20.7. The Hall–Kier alpha value is -3.08. The summed E-state index contributed by atoms with van der Waals surface area (Å²) in [5, 5.41) is 7.98. The number of rotatable bonds is 4. The lowest BCUT2D eigenvalue weighted by Crippen LogP contribution is -2.31. The largest absolute Gasteiger partial charge is 0.497 e. The van der Waals surface area contributed by atoms with Gasteiger partial charge >= 0.3 is 0 Å². The summed E-state index contributed by atoms with van der Waals surface area (Å²) in [4.78, 5) is 13.7. The zero-order chi connectivity index (χ0) is 23.7. The Morgan fingerprint density at radius 2 is 1.62 bits per heavy atom. The summed E-state index contributed by atoms with van der Waals surface area (Å²) in [6.07, 6.45) is 5.10. The number of hydrogen-bond acceptors (Lipinski definition) is 3. The number of ether oxygens (including phenoxy) is 1. The fourth-order valence-corrected chi connectivity index (χ4v) is 5.04. The van der Waals surface area contributed by atoms with E-state index < -0.39 is 0 Å². The first-order chi connectivity index (χ1) is 16.5. The molecular weight excluding hydrogens is 467 g/mol. The number of hydrazone groups is 1. The molecule has 3 aromatic carbocycles. The van der Waals surface area contributed by atoms with E-state index in [1.165, 1.54) is 5.57 Å². The molecule has 0 N–H and O–H groups in total. The minimum Gasteiger partial charge on any atom is -0.497 e. The second-order valence-corrected chi connectivity index (χ2v) is 9.45. The van der Waals surface area contributed by atoms with E-state index in [1.54, 1.807) is 36.4 Å². The van der Waals surface area contributed by atoms with Crippen LogP contribution in [0, 0.1) is 5.92 Å². The predicted molar refractivity (Wildman–Crippen MR) is 138 cm³/mol. The molecule has 1 amide bonds. The van der Waals surface area contributed by atoms with Crippen molar-refractivity contribution < 1.29 is 9.53 Å². The Morgan fingerprint density at radius 3 is 2.26 bits per heavy atom. The Bertz CT molecular complexity index is 1250. The van der Waals surface area contributed by atoms with E-state index in [-0.39, 0.29) is 17.9 Å². The Kier molecular flexibility index (Phi) is 6.44. The third-order valence-electron chi connectivity index (χ3n) is 6.47. The van der Waals surface area contributed by atoms with Gasteiger partial charge in [-0.05, 0) is 90.6 Å². The maximum Gasteiger partial charge on any atom is 0.274 e. The SMILES string of the molecule is COc1ccc(C(=O)N2N=C3/C(=C\c4ccc(Cl)cc4)CCC[C@@H]3[C@H]2c2ccc(Cl)cc2)cc1. The maximum atomic E-state index is 13.7. The van der Waals surface area contributed by atoms with Crippen LogP contribution in [0.25, 0.3) is 6.08 Å². The van der Waals surface area contributed by atoms with Gasteiger partial charge < -0.3 is 4.74 Å². The maximum absolute atomic E-state index is 13.7. The van der Waals surface area contributed by atoms with E-state index in [2.05, 4.69) is 6.08 Å². The molecule has 0 saturated heterocycles. The third-order valence-corrected chi connectivity index (χ3v) is 6.97. The van der Waals surface area contributed by atoms with Gasteiger partial charge in [-0.2, -0.15) is 5.10 Å². The molecule has 1 aliphatic carbocycles. The molecule has 0 radical (unpaired) electrons. The minimum atomic E-state index is -0.184. The predicted octanol–water partition coefficient (Wildman–Crippen LogP) is 7.44. The Labute approximate surface area is 209 Å². The van der Waals surface area contributed by atoms with Crippen LogP contribution in [-0.4, -0.2) is 23.7 Å². The number of amides is 1. The first kappa shape index (κ1) is 22.7. The summed E-state index contributed by atoms with van der Waals surface area (Å²) >= 11 is 12.2. The minimum absolute atomic E-state index is 0.121. The molecule has 6 heteroatoms. The van der Waals surface area contributed by atoms with E-state index in [0.29, 0.717) is 21.4 Å². The van der Waals surface area contributed by atoms with Crippen molar-refractivity contribution in [3.63, 3.8) is 0 Å². The highest BCUT2D eigenvalue weighted by Gasteiger charge is 2.43. The molecule has 5 rings (SSSR count). The van der Waals surface area contributed by atoms with Gasteiger partial charge in [0.2, 0.25) is 0 Å². The number of carbonyl (C=O) groups excluding carboxylic acids is 1. The van der Waals surface area contributed by atoms with E-state index >= 15 is 0 Å². The van der Waals surface area contributed by atoms with E-state index in [4.69, 9.17) is 33.0 Å². The smallest absolute Gasteiger partial charge is 0.274 e. The van der Waals surface area contributed by atoms with Crippen LogP contribution >= 0.6 is 23.2 Å². The van der Waals surface area contributed by atoms with Gasteiger partial charge in [0.15, 0.2) is 0 Å². The van der Waals surface area contributed by atoms with Crippen LogP contribution in [0.3, 0.4) is 0 Å². The van der Waals surface area contributed by atoms with Crippen molar-refractivity contribution in [1.82, 2.24) is 5.01 Å². The second kappa shape index (κ2) is 9.65. The summed E-state index contributed by atoms with van der Waals surface area (Å²) < 4.78 is 5.25. The zero-order valence-corrected chi connectivity index (χ0v) is 20.3. The van der Waals surface area contributed by atoms with Crippen molar-refractivity contribution in [3.8, 4) is 5.75 Å². The Morgan fingerprint density at radius 1 is 0.971 bits per heavy atom. The molecule has 0 unspecified atom stereocenters. The number of hydrogen-bond donors (Lipinski definition) is 0. The second-order valence-electron chi connectivity index (χ2n) is 8.58. The molecule has 0 aromatic heterocycles. The summed E-state index contributed by atoms with van der Waals surface area (Å²) in [7, 11) is 1.61. The molecule has 4 nitrogen and oxygen atoms in total. The topological polar surface area (TPSA) is 41.9 Å². The lowest BCUT2D eigenvalue weighted by Gasteiger charge is -2.29. The molecule has 1 aliphatic heterocycles. The standard InChI is InChI=1S/C28H24Cl2N2O2/c1-34-24-15-9-20(10-16-24)28(33)32-27(19-7-13-23(30)14-8-19)25-4-2-3-21(26(25)31-32)17-18-5-11-22(29)12-6-18/h5-17,25,27H,2-4H2,1H3/b21-17-/t25-,27+/m0/s1. The van der Waals surface area contributed by atoms with Crippen LogP contribution in [0.2, 0.25) is 10.0 Å². The fraction of sp³-hybridized carbons (Fsp3) is 0.214. The number of nitrogens with zero attached hydrogens (tertiary/aromatic N) is 2. The van der Waals surface area contributed by atoms with E-state index in [0.717, 1.165) is 36.1 Å². The van der Waals surface area contributed by atoms with Gasteiger partial charge in [0.25, 0.3) is 5.91 Å². The lowest BCUT2D eigenvalue weighted by atomic mass is 9.77. The van der Waals surface area contributed by atoms with Crippen molar-refractivity contribution in [2.24, 2.45) is 11.0 Å². The zero-order valence-electron chi connectivity index (χ0n) is 18.7.